The minimum Gasteiger partial charge on any atom is -0.396 e. The Morgan fingerprint density at radius 1 is 1.59 bits per heavy atom. The van der Waals surface area contributed by atoms with Crippen LogP contribution in [0, 0.1) is 0 Å². The third kappa shape index (κ3) is 2.49. The maximum atomic E-state index is 12.4. The molecule has 94 valence electrons. The minimum atomic E-state index is 0.0307. The standard InChI is InChI=1S/C12H19N3O2/c1-14-9-13-8-11(14)12(17)15-6-3-2-4-10(15)5-7-16/h8-10,16H,2-7H2,1H3. The van der Waals surface area contributed by atoms with Gasteiger partial charge in [-0.3, -0.25) is 4.79 Å². The fraction of sp³-hybridized carbons (Fsp3) is 0.667. The molecule has 1 atom stereocenters. The van der Waals surface area contributed by atoms with Crippen molar-refractivity contribution < 1.29 is 9.90 Å². The number of hydrogen-bond acceptors (Lipinski definition) is 3. The van der Waals surface area contributed by atoms with E-state index in [1.807, 2.05) is 11.9 Å². The molecule has 1 aliphatic heterocycles. The molecule has 1 aromatic rings. The second-order valence-corrected chi connectivity index (χ2v) is 4.55. The molecular formula is C12H19N3O2. The molecule has 0 bridgehead atoms. The second kappa shape index (κ2) is 5.31. The lowest BCUT2D eigenvalue weighted by molar-refractivity contribution is 0.0565. The van der Waals surface area contributed by atoms with Gasteiger partial charge in [-0.05, 0) is 25.7 Å². The normalized spacial score (nSPS) is 20.6. The molecular weight excluding hydrogens is 218 g/mol. The predicted molar refractivity (Wildman–Crippen MR) is 63.6 cm³/mol. The largest absolute Gasteiger partial charge is 0.396 e. The summed E-state index contributed by atoms with van der Waals surface area (Å²) in [4.78, 5) is 18.2. The highest BCUT2D eigenvalue weighted by molar-refractivity contribution is 5.92. The van der Waals surface area contributed by atoms with E-state index in [0.717, 1.165) is 25.8 Å². The van der Waals surface area contributed by atoms with E-state index in [1.54, 1.807) is 17.1 Å². The SMILES string of the molecule is Cn1cncc1C(=O)N1CCCCC1CCO. The fourth-order valence-electron chi connectivity index (χ4n) is 2.43. The zero-order chi connectivity index (χ0) is 12.3. The number of hydrogen-bond donors (Lipinski definition) is 1. The highest BCUT2D eigenvalue weighted by Crippen LogP contribution is 2.21. The number of carbonyl (C=O) groups excluding carboxylic acids is 1. The van der Waals surface area contributed by atoms with Crippen LogP contribution >= 0.6 is 0 Å². The van der Waals surface area contributed by atoms with Crippen LogP contribution in [0.1, 0.15) is 36.2 Å². The molecule has 17 heavy (non-hydrogen) atoms. The third-order valence-electron chi connectivity index (χ3n) is 3.39. The van der Waals surface area contributed by atoms with Gasteiger partial charge in [0, 0.05) is 26.2 Å². The Kier molecular flexibility index (Phi) is 3.78. The summed E-state index contributed by atoms with van der Waals surface area (Å²) in [6, 6.07) is 0.177. The summed E-state index contributed by atoms with van der Waals surface area (Å²) in [7, 11) is 1.82. The lowest BCUT2D eigenvalue weighted by Crippen LogP contribution is -2.44. The van der Waals surface area contributed by atoms with Crippen molar-refractivity contribution in [1.29, 1.82) is 0 Å². The molecule has 1 amide bonds. The molecule has 0 aromatic carbocycles. The van der Waals surface area contributed by atoms with Crippen LogP contribution in [-0.2, 0) is 7.05 Å². The first-order valence-corrected chi connectivity index (χ1v) is 6.12. The second-order valence-electron chi connectivity index (χ2n) is 4.55. The number of aromatic nitrogens is 2. The van der Waals surface area contributed by atoms with Crippen LogP contribution in [0.2, 0.25) is 0 Å². The van der Waals surface area contributed by atoms with Crippen LogP contribution in [0.25, 0.3) is 0 Å². The monoisotopic (exact) mass is 237 g/mol. The Hall–Kier alpha value is -1.36. The molecule has 1 N–H and O–H groups in total. The first-order chi connectivity index (χ1) is 8.24. The minimum absolute atomic E-state index is 0.0307. The van der Waals surface area contributed by atoms with Crippen molar-refractivity contribution in [3.8, 4) is 0 Å². The number of rotatable bonds is 3. The van der Waals surface area contributed by atoms with Crippen LogP contribution in [0.15, 0.2) is 12.5 Å². The van der Waals surface area contributed by atoms with Crippen molar-refractivity contribution >= 4 is 5.91 Å². The first kappa shape index (κ1) is 12.1. The Balaban J connectivity index is 2.14. The summed E-state index contributed by atoms with van der Waals surface area (Å²) in [5, 5.41) is 9.05. The van der Waals surface area contributed by atoms with Crippen molar-refractivity contribution in [2.24, 2.45) is 7.05 Å². The molecule has 1 unspecified atom stereocenters. The smallest absolute Gasteiger partial charge is 0.272 e. The molecule has 0 radical (unpaired) electrons. The highest BCUT2D eigenvalue weighted by atomic mass is 16.3. The van der Waals surface area contributed by atoms with Gasteiger partial charge in [-0.15, -0.1) is 0 Å². The summed E-state index contributed by atoms with van der Waals surface area (Å²) < 4.78 is 1.74. The van der Waals surface area contributed by atoms with Crippen molar-refractivity contribution in [2.75, 3.05) is 13.2 Å². The Bertz CT molecular complexity index is 387. The molecule has 1 saturated heterocycles. The topological polar surface area (TPSA) is 58.4 Å². The number of carbonyl (C=O) groups is 1. The van der Waals surface area contributed by atoms with Crippen LogP contribution < -0.4 is 0 Å². The Morgan fingerprint density at radius 2 is 2.41 bits per heavy atom. The maximum absolute atomic E-state index is 12.4. The highest BCUT2D eigenvalue weighted by Gasteiger charge is 2.28. The number of piperidine rings is 1. The van der Waals surface area contributed by atoms with E-state index in [0.29, 0.717) is 12.1 Å². The Labute approximate surface area is 101 Å². The van der Waals surface area contributed by atoms with E-state index in [4.69, 9.17) is 5.11 Å². The van der Waals surface area contributed by atoms with Gasteiger partial charge >= 0.3 is 0 Å². The van der Waals surface area contributed by atoms with Gasteiger partial charge in [-0.25, -0.2) is 4.98 Å². The molecule has 0 saturated carbocycles. The molecule has 1 fully saturated rings. The van der Waals surface area contributed by atoms with Gasteiger partial charge in [-0.1, -0.05) is 0 Å². The van der Waals surface area contributed by atoms with E-state index >= 15 is 0 Å². The van der Waals surface area contributed by atoms with Crippen LogP contribution in [-0.4, -0.2) is 44.7 Å². The van der Waals surface area contributed by atoms with Gasteiger partial charge < -0.3 is 14.6 Å². The number of aliphatic hydroxyl groups excluding tert-OH is 1. The Morgan fingerprint density at radius 3 is 3.06 bits per heavy atom. The van der Waals surface area contributed by atoms with E-state index in [2.05, 4.69) is 4.98 Å². The quantitative estimate of drug-likeness (QED) is 0.846. The first-order valence-electron chi connectivity index (χ1n) is 6.12. The third-order valence-corrected chi connectivity index (χ3v) is 3.39. The number of nitrogens with zero attached hydrogens (tertiary/aromatic N) is 3. The van der Waals surface area contributed by atoms with E-state index in [-0.39, 0.29) is 18.6 Å². The van der Waals surface area contributed by atoms with Gasteiger partial charge in [0.2, 0.25) is 0 Å². The predicted octanol–water partition coefficient (Wildman–Crippen LogP) is 0.797. The molecule has 5 heteroatoms. The maximum Gasteiger partial charge on any atom is 0.272 e. The summed E-state index contributed by atoms with van der Waals surface area (Å²) in [6.07, 6.45) is 7.09. The van der Waals surface area contributed by atoms with Crippen LogP contribution in [0.3, 0.4) is 0 Å². The summed E-state index contributed by atoms with van der Waals surface area (Å²) in [5.74, 6) is 0.0307. The lowest BCUT2D eigenvalue weighted by Gasteiger charge is -2.35. The summed E-state index contributed by atoms with van der Waals surface area (Å²) >= 11 is 0. The van der Waals surface area contributed by atoms with Crippen LogP contribution in [0.5, 0.6) is 0 Å². The zero-order valence-electron chi connectivity index (χ0n) is 10.2. The number of imidazole rings is 1. The molecule has 1 aromatic heterocycles. The van der Waals surface area contributed by atoms with Crippen LogP contribution in [0.4, 0.5) is 0 Å². The molecule has 2 heterocycles. The zero-order valence-corrected chi connectivity index (χ0v) is 10.2. The molecule has 5 nitrogen and oxygen atoms in total. The van der Waals surface area contributed by atoms with Gasteiger partial charge in [0.25, 0.3) is 5.91 Å². The van der Waals surface area contributed by atoms with E-state index in [9.17, 15) is 4.79 Å². The average molecular weight is 237 g/mol. The molecule has 0 aliphatic carbocycles. The summed E-state index contributed by atoms with van der Waals surface area (Å²) in [6.45, 7) is 0.925. The molecule has 2 rings (SSSR count). The van der Waals surface area contributed by atoms with Gasteiger partial charge in [0.05, 0.1) is 12.5 Å². The van der Waals surface area contributed by atoms with Crippen molar-refractivity contribution in [3.05, 3.63) is 18.2 Å². The average Bonchev–Trinajstić information content (AvgIpc) is 2.76. The van der Waals surface area contributed by atoms with Crippen molar-refractivity contribution in [1.82, 2.24) is 14.5 Å². The fourth-order valence-corrected chi connectivity index (χ4v) is 2.43. The number of amides is 1. The number of aryl methyl sites for hydroxylation is 1. The van der Waals surface area contributed by atoms with Gasteiger partial charge in [-0.2, -0.15) is 0 Å². The lowest BCUT2D eigenvalue weighted by atomic mass is 9.99. The van der Waals surface area contributed by atoms with E-state index in [1.165, 1.54) is 0 Å². The van der Waals surface area contributed by atoms with Crippen molar-refractivity contribution in [2.45, 2.75) is 31.7 Å². The van der Waals surface area contributed by atoms with Crippen molar-refractivity contribution in [3.63, 3.8) is 0 Å². The van der Waals surface area contributed by atoms with Gasteiger partial charge in [0.15, 0.2) is 0 Å². The molecule has 1 aliphatic rings. The van der Waals surface area contributed by atoms with Gasteiger partial charge in [0.1, 0.15) is 5.69 Å². The number of aliphatic hydroxyl groups is 1. The molecule has 0 spiro atoms. The van der Waals surface area contributed by atoms with E-state index < -0.39 is 0 Å². The number of likely N-dealkylation sites (tertiary alicyclic amines) is 1. The summed E-state index contributed by atoms with van der Waals surface area (Å²) in [5.41, 5.74) is 0.620.